The highest BCUT2D eigenvalue weighted by Crippen LogP contribution is 2.37. The average Bonchev–Trinajstić information content (AvgIpc) is 2.49. The summed E-state index contributed by atoms with van der Waals surface area (Å²) >= 11 is 0. The number of aromatic nitrogens is 1. The largest absolute Gasteiger partial charge is 0.475 e. The maximum absolute atomic E-state index is 12.5. The predicted octanol–water partition coefficient (Wildman–Crippen LogP) is 2.11. The van der Waals surface area contributed by atoms with E-state index in [1.807, 2.05) is 0 Å². The van der Waals surface area contributed by atoms with Gasteiger partial charge in [-0.3, -0.25) is 0 Å². The van der Waals surface area contributed by atoms with E-state index in [0.29, 0.717) is 6.07 Å². The first-order chi connectivity index (χ1) is 7.13. The molecule has 0 bridgehead atoms. The Labute approximate surface area is 84.6 Å². The van der Waals surface area contributed by atoms with Gasteiger partial charge in [-0.2, -0.15) is 22.0 Å². The normalized spacial score (nSPS) is 12.8. The molecule has 0 saturated heterocycles. The number of hydrogen-bond acceptors (Lipinski definition) is 3. The van der Waals surface area contributed by atoms with Gasteiger partial charge in [0.1, 0.15) is 0 Å². The van der Waals surface area contributed by atoms with Crippen molar-refractivity contribution in [3.63, 3.8) is 0 Å². The van der Waals surface area contributed by atoms with Crippen molar-refractivity contribution in [2.24, 2.45) is 0 Å². The highest BCUT2D eigenvalue weighted by atomic mass is 19.4. The minimum atomic E-state index is -5.71. The van der Waals surface area contributed by atoms with Crippen LogP contribution in [0.15, 0.2) is 10.6 Å². The number of aromatic carboxylic acids is 1. The fourth-order valence-corrected chi connectivity index (χ4v) is 0.824. The maximum Gasteiger partial charge on any atom is 0.453 e. The van der Waals surface area contributed by atoms with Crippen molar-refractivity contribution in [3.05, 3.63) is 17.5 Å². The van der Waals surface area contributed by atoms with Crippen molar-refractivity contribution in [1.29, 1.82) is 0 Å². The SMILES string of the molecule is O=C(O)c1cc(CC(F)(F)C(F)(F)F)no1. The van der Waals surface area contributed by atoms with E-state index in [-0.39, 0.29) is 0 Å². The van der Waals surface area contributed by atoms with Gasteiger partial charge in [-0.1, -0.05) is 5.16 Å². The zero-order valence-electron chi connectivity index (χ0n) is 7.39. The molecule has 1 aromatic rings. The third kappa shape index (κ3) is 2.47. The Morgan fingerprint density at radius 3 is 2.31 bits per heavy atom. The van der Waals surface area contributed by atoms with Crippen LogP contribution in [0.25, 0.3) is 0 Å². The molecule has 0 spiro atoms. The Bertz CT molecular complexity index is 397. The molecule has 0 aliphatic carbocycles. The quantitative estimate of drug-likeness (QED) is 0.828. The van der Waals surface area contributed by atoms with E-state index in [4.69, 9.17) is 5.11 Å². The van der Waals surface area contributed by atoms with Crippen LogP contribution in [-0.4, -0.2) is 28.3 Å². The zero-order valence-corrected chi connectivity index (χ0v) is 7.39. The summed E-state index contributed by atoms with van der Waals surface area (Å²) in [6.07, 6.45) is -7.47. The third-order valence-corrected chi connectivity index (χ3v) is 1.59. The standard InChI is InChI=1S/C7H4F5NO3/c8-6(9,7(10,11)12)2-3-1-4(5(14)15)16-13-3/h1H,2H2,(H,14,15). The van der Waals surface area contributed by atoms with Crippen LogP contribution in [0.4, 0.5) is 22.0 Å². The summed E-state index contributed by atoms with van der Waals surface area (Å²) in [7, 11) is 0. The molecule has 0 aliphatic heterocycles. The number of rotatable bonds is 3. The highest BCUT2D eigenvalue weighted by Gasteiger charge is 2.57. The van der Waals surface area contributed by atoms with E-state index >= 15 is 0 Å². The molecule has 0 unspecified atom stereocenters. The zero-order chi connectivity index (χ0) is 12.6. The van der Waals surface area contributed by atoms with Crippen LogP contribution in [0.2, 0.25) is 0 Å². The lowest BCUT2D eigenvalue weighted by molar-refractivity contribution is -0.281. The molecular formula is C7H4F5NO3. The fourth-order valence-electron chi connectivity index (χ4n) is 0.824. The highest BCUT2D eigenvalue weighted by molar-refractivity contribution is 5.84. The topological polar surface area (TPSA) is 63.3 Å². The first kappa shape index (κ1) is 12.4. The van der Waals surface area contributed by atoms with Gasteiger partial charge < -0.3 is 9.63 Å². The lowest BCUT2D eigenvalue weighted by Crippen LogP contribution is -2.38. The Hall–Kier alpha value is -1.67. The lowest BCUT2D eigenvalue weighted by Gasteiger charge is -2.17. The Kier molecular flexibility index (Phi) is 2.89. The van der Waals surface area contributed by atoms with Crippen molar-refractivity contribution in [2.75, 3.05) is 0 Å². The van der Waals surface area contributed by atoms with E-state index in [2.05, 4.69) is 9.68 Å². The summed E-state index contributed by atoms with van der Waals surface area (Å²) in [6, 6.07) is 0.516. The van der Waals surface area contributed by atoms with Crippen LogP contribution in [0.3, 0.4) is 0 Å². The lowest BCUT2D eigenvalue weighted by atomic mass is 10.1. The van der Waals surface area contributed by atoms with Crippen LogP contribution in [0.1, 0.15) is 16.2 Å². The number of alkyl halides is 5. The minimum Gasteiger partial charge on any atom is -0.475 e. The monoisotopic (exact) mass is 245 g/mol. The molecule has 0 aromatic carbocycles. The molecule has 16 heavy (non-hydrogen) atoms. The van der Waals surface area contributed by atoms with Crippen LogP contribution >= 0.6 is 0 Å². The van der Waals surface area contributed by atoms with Gasteiger partial charge in [0.05, 0.1) is 12.1 Å². The summed E-state index contributed by atoms with van der Waals surface area (Å²) in [5, 5.41) is 11.1. The molecule has 0 saturated carbocycles. The van der Waals surface area contributed by atoms with Crippen molar-refractivity contribution in [3.8, 4) is 0 Å². The molecule has 1 N–H and O–H groups in total. The van der Waals surface area contributed by atoms with Crippen molar-refractivity contribution >= 4 is 5.97 Å². The summed E-state index contributed by atoms with van der Waals surface area (Å²) in [5.41, 5.74) is -0.778. The third-order valence-electron chi connectivity index (χ3n) is 1.59. The van der Waals surface area contributed by atoms with Crippen LogP contribution in [0, 0.1) is 0 Å². The summed E-state index contributed by atoms with van der Waals surface area (Å²) in [6.45, 7) is 0. The first-order valence-corrected chi connectivity index (χ1v) is 3.77. The van der Waals surface area contributed by atoms with Gasteiger partial charge in [0, 0.05) is 6.07 Å². The number of carbonyl (C=O) groups is 1. The molecule has 9 heteroatoms. The van der Waals surface area contributed by atoms with Gasteiger partial charge in [0.15, 0.2) is 0 Å². The minimum absolute atomic E-state index is 0.516. The van der Waals surface area contributed by atoms with Gasteiger partial charge in [-0.05, 0) is 0 Å². The summed E-state index contributed by atoms with van der Waals surface area (Å²) in [5.74, 6) is -7.37. The molecule has 0 amide bonds. The second-order valence-electron chi connectivity index (χ2n) is 2.87. The molecule has 0 fully saturated rings. The number of carboxylic acids is 1. The van der Waals surface area contributed by atoms with Crippen molar-refractivity contribution in [2.45, 2.75) is 18.5 Å². The van der Waals surface area contributed by atoms with Gasteiger partial charge in [0.25, 0.3) is 0 Å². The van der Waals surface area contributed by atoms with E-state index in [1.54, 1.807) is 0 Å². The van der Waals surface area contributed by atoms with Gasteiger partial charge in [0.2, 0.25) is 5.76 Å². The number of nitrogens with zero attached hydrogens (tertiary/aromatic N) is 1. The number of halogens is 5. The van der Waals surface area contributed by atoms with Gasteiger partial charge >= 0.3 is 18.1 Å². The van der Waals surface area contributed by atoms with Crippen molar-refractivity contribution < 1.29 is 36.4 Å². The molecule has 0 aliphatic rings. The van der Waals surface area contributed by atoms with Crippen molar-refractivity contribution in [1.82, 2.24) is 5.16 Å². The van der Waals surface area contributed by atoms with Gasteiger partial charge in [-0.25, -0.2) is 4.79 Å². The van der Waals surface area contributed by atoms with E-state index < -0.39 is 35.9 Å². The van der Waals surface area contributed by atoms with E-state index in [0.717, 1.165) is 0 Å². The van der Waals surface area contributed by atoms with Crippen LogP contribution in [-0.2, 0) is 6.42 Å². The average molecular weight is 245 g/mol. The smallest absolute Gasteiger partial charge is 0.453 e. The first-order valence-electron chi connectivity index (χ1n) is 3.77. The summed E-state index contributed by atoms with van der Waals surface area (Å²) < 4.78 is 64.3. The molecule has 1 rings (SSSR count). The second-order valence-corrected chi connectivity index (χ2v) is 2.87. The Balaban J connectivity index is 2.85. The molecule has 1 heterocycles. The maximum atomic E-state index is 12.5. The number of hydrogen-bond donors (Lipinski definition) is 1. The van der Waals surface area contributed by atoms with E-state index in [1.165, 1.54) is 0 Å². The number of carboxylic acid groups (broad SMARTS) is 1. The van der Waals surface area contributed by atoms with Crippen LogP contribution < -0.4 is 0 Å². The predicted molar refractivity (Wildman–Crippen MR) is 38.2 cm³/mol. The molecule has 0 atom stereocenters. The molecule has 90 valence electrons. The second kappa shape index (κ2) is 3.72. The molecule has 4 nitrogen and oxygen atoms in total. The molecular weight excluding hydrogens is 241 g/mol. The summed E-state index contributed by atoms with van der Waals surface area (Å²) in [4.78, 5) is 10.2. The molecule has 0 radical (unpaired) electrons. The fraction of sp³-hybridized carbons (Fsp3) is 0.429. The van der Waals surface area contributed by atoms with Crippen LogP contribution in [0.5, 0.6) is 0 Å². The van der Waals surface area contributed by atoms with Gasteiger partial charge in [-0.15, -0.1) is 0 Å². The Morgan fingerprint density at radius 2 is 1.94 bits per heavy atom. The van der Waals surface area contributed by atoms with E-state index in [9.17, 15) is 26.7 Å². The Morgan fingerprint density at radius 1 is 1.38 bits per heavy atom. The molecule has 1 aromatic heterocycles.